The van der Waals surface area contributed by atoms with Crippen molar-refractivity contribution < 1.29 is 14.3 Å². The maximum Gasteiger partial charge on any atom is 0.309 e. The number of carbonyl (C=O) groups is 1. The van der Waals surface area contributed by atoms with Gasteiger partial charge in [-0.2, -0.15) is 0 Å². The minimum absolute atomic E-state index is 0.00333. The van der Waals surface area contributed by atoms with Crippen LogP contribution in [0, 0.1) is 64.0 Å². The van der Waals surface area contributed by atoms with Gasteiger partial charge in [-0.25, -0.2) is 4.39 Å². The van der Waals surface area contributed by atoms with E-state index in [-0.39, 0.29) is 16.6 Å². The maximum atomic E-state index is 14.5. The zero-order chi connectivity index (χ0) is 30.4. The Bertz CT molecular complexity index is 1160. The highest BCUT2D eigenvalue weighted by Gasteiger charge is 2.66. The molecule has 228 valence electrons. The summed E-state index contributed by atoms with van der Waals surface area (Å²) in [6, 6.07) is 5.80. The summed E-state index contributed by atoms with van der Waals surface area (Å²) in [4.78, 5) is 12.5. The standard InChI is InChI=1S/C33H45FO2.C3H6.C2H6/c1-20-8-9-21(19-26(20)34)23-12-16-32(5)27(30(23,2)3)14-17-31(4)24-13-18-33(29(35)36)15-6-7-25(33)22(24)10-11-28(31)32;1-3-2;1-2/h8-9,12,19,22,24-25,27-28H,6-7,10-11,13-18H2,1-5H3,(H,35,36);3H,1H2,2H3;1-2H3. The Kier molecular flexibility index (Phi) is 9.10. The van der Waals surface area contributed by atoms with Gasteiger partial charge in [0, 0.05) is 0 Å². The Morgan fingerprint density at radius 3 is 2.27 bits per heavy atom. The molecule has 0 radical (unpaired) electrons. The van der Waals surface area contributed by atoms with Crippen LogP contribution in [-0.2, 0) is 4.79 Å². The molecule has 41 heavy (non-hydrogen) atoms. The van der Waals surface area contributed by atoms with Gasteiger partial charge in [0.15, 0.2) is 0 Å². The first-order valence-electron chi connectivity index (χ1n) is 16.6. The average Bonchev–Trinajstić information content (AvgIpc) is 3.38. The van der Waals surface area contributed by atoms with Crippen molar-refractivity contribution in [2.24, 2.45) is 51.2 Å². The van der Waals surface area contributed by atoms with Gasteiger partial charge in [-0.05, 0) is 140 Å². The summed E-state index contributed by atoms with van der Waals surface area (Å²) in [5, 5.41) is 10.3. The minimum atomic E-state index is -0.509. The number of rotatable bonds is 2. The lowest BCUT2D eigenvalue weighted by molar-refractivity contribution is -0.187. The van der Waals surface area contributed by atoms with Crippen molar-refractivity contribution in [1.82, 2.24) is 0 Å². The molecule has 0 saturated heterocycles. The summed E-state index contributed by atoms with van der Waals surface area (Å²) in [7, 11) is 0. The first kappa shape index (κ1) is 32.0. The van der Waals surface area contributed by atoms with Crippen LogP contribution in [0.25, 0.3) is 5.57 Å². The average molecular weight is 565 g/mol. The van der Waals surface area contributed by atoms with Crippen molar-refractivity contribution >= 4 is 11.5 Å². The van der Waals surface area contributed by atoms with Crippen LogP contribution in [0.1, 0.15) is 124 Å². The van der Waals surface area contributed by atoms with Gasteiger partial charge in [-0.15, -0.1) is 6.58 Å². The fraction of sp³-hybridized carbons (Fsp3) is 0.711. The van der Waals surface area contributed by atoms with Gasteiger partial charge < -0.3 is 5.11 Å². The molecule has 1 aromatic rings. The summed E-state index contributed by atoms with van der Waals surface area (Å²) in [5.74, 6) is 2.30. The molecule has 0 aliphatic heterocycles. The van der Waals surface area contributed by atoms with Crippen LogP contribution in [0.4, 0.5) is 4.39 Å². The highest BCUT2D eigenvalue weighted by Crippen LogP contribution is 2.73. The topological polar surface area (TPSA) is 37.3 Å². The normalized spacial score (nSPS) is 40.0. The van der Waals surface area contributed by atoms with Crippen LogP contribution in [0.2, 0.25) is 0 Å². The van der Waals surface area contributed by atoms with E-state index in [0.717, 1.165) is 44.1 Å². The zero-order valence-corrected chi connectivity index (χ0v) is 27.3. The van der Waals surface area contributed by atoms with E-state index in [0.29, 0.717) is 40.6 Å². The predicted octanol–water partition coefficient (Wildman–Crippen LogP) is 10.9. The van der Waals surface area contributed by atoms with Gasteiger partial charge in [0.05, 0.1) is 5.41 Å². The zero-order valence-electron chi connectivity index (χ0n) is 27.3. The van der Waals surface area contributed by atoms with Crippen LogP contribution in [0.3, 0.4) is 0 Å². The summed E-state index contributed by atoms with van der Waals surface area (Å²) in [5.41, 5.74) is 3.22. The first-order chi connectivity index (χ1) is 19.4. The number of allylic oxidation sites excluding steroid dienone is 3. The molecule has 5 aliphatic carbocycles. The molecule has 8 unspecified atom stereocenters. The van der Waals surface area contributed by atoms with E-state index in [4.69, 9.17) is 0 Å². The molecule has 8 atom stereocenters. The predicted molar refractivity (Wildman–Crippen MR) is 170 cm³/mol. The van der Waals surface area contributed by atoms with E-state index in [1.165, 1.54) is 31.3 Å². The van der Waals surface area contributed by atoms with Gasteiger partial charge in [-0.1, -0.05) is 72.2 Å². The summed E-state index contributed by atoms with van der Waals surface area (Å²) < 4.78 is 14.5. The van der Waals surface area contributed by atoms with Crippen LogP contribution < -0.4 is 0 Å². The van der Waals surface area contributed by atoms with Crippen molar-refractivity contribution in [1.29, 1.82) is 0 Å². The molecule has 1 aromatic carbocycles. The van der Waals surface area contributed by atoms with Gasteiger partial charge in [0.2, 0.25) is 0 Å². The minimum Gasteiger partial charge on any atom is -0.481 e. The molecule has 0 bridgehead atoms. The smallest absolute Gasteiger partial charge is 0.309 e. The molecule has 6 rings (SSSR count). The molecule has 4 saturated carbocycles. The molecule has 3 heteroatoms. The molecular formula is C38H57FO2. The summed E-state index contributed by atoms with van der Waals surface area (Å²) >= 11 is 0. The van der Waals surface area contributed by atoms with E-state index < -0.39 is 11.4 Å². The van der Waals surface area contributed by atoms with Crippen LogP contribution >= 0.6 is 0 Å². The van der Waals surface area contributed by atoms with Gasteiger partial charge in [-0.3, -0.25) is 4.79 Å². The van der Waals surface area contributed by atoms with Gasteiger partial charge >= 0.3 is 5.97 Å². The fourth-order valence-electron chi connectivity index (χ4n) is 11.4. The van der Waals surface area contributed by atoms with Gasteiger partial charge in [0.25, 0.3) is 0 Å². The number of aliphatic carboxylic acids is 1. The van der Waals surface area contributed by atoms with E-state index in [9.17, 15) is 14.3 Å². The number of fused-ring (bicyclic) bond motifs is 7. The molecular weight excluding hydrogens is 507 g/mol. The largest absolute Gasteiger partial charge is 0.481 e. The van der Waals surface area contributed by atoms with E-state index in [1.807, 2.05) is 33.8 Å². The lowest BCUT2D eigenvalue weighted by Gasteiger charge is -2.68. The van der Waals surface area contributed by atoms with Crippen LogP contribution in [0.15, 0.2) is 36.9 Å². The molecule has 0 aromatic heterocycles. The quantitative estimate of drug-likeness (QED) is 0.363. The number of halogens is 1. The second-order valence-electron chi connectivity index (χ2n) is 14.9. The number of hydrogen-bond acceptors (Lipinski definition) is 1. The lowest BCUT2D eigenvalue weighted by Crippen LogP contribution is -2.61. The number of hydrogen-bond donors (Lipinski definition) is 1. The molecule has 1 N–H and O–H groups in total. The third-order valence-corrected chi connectivity index (χ3v) is 13.0. The fourth-order valence-corrected chi connectivity index (χ4v) is 11.4. The highest BCUT2D eigenvalue weighted by atomic mass is 19.1. The summed E-state index contributed by atoms with van der Waals surface area (Å²) in [6.45, 7) is 21.1. The molecule has 0 heterocycles. The Hall–Kier alpha value is -1.90. The number of carboxylic acids is 1. The van der Waals surface area contributed by atoms with Crippen molar-refractivity contribution in [3.8, 4) is 0 Å². The van der Waals surface area contributed by atoms with Gasteiger partial charge in [0.1, 0.15) is 5.82 Å². The van der Waals surface area contributed by atoms with E-state index in [1.54, 1.807) is 12.1 Å². The van der Waals surface area contributed by atoms with Crippen LogP contribution in [0.5, 0.6) is 0 Å². The molecule has 4 fully saturated rings. The van der Waals surface area contributed by atoms with Crippen molar-refractivity contribution in [3.63, 3.8) is 0 Å². The molecule has 0 spiro atoms. The maximum absolute atomic E-state index is 14.5. The highest BCUT2D eigenvalue weighted by molar-refractivity contribution is 5.76. The first-order valence-corrected chi connectivity index (χ1v) is 16.6. The molecule has 2 nitrogen and oxygen atoms in total. The Labute approximate surface area is 250 Å². The number of carboxylic acid groups (broad SMARTS) is 1. The Balaban J connectivity index is 0.000000728. The lowest BCUT2D eigenvalue weighted by atomic mass is 9.36. The van der Waals surface area contributed by atoms with Crippen LogP contribution in [-0.4, -0.2) is 11.1 Å². The molecule has 5 aliphatic rings. The number of benzene rings is 1. The second kappa shape index (κ2) is 11.6. The third kappa shape index (κ3) is 4.86. The van der Waals surface area contributed by atoms with Crippen molar-refractivity contribution in [2.45, 2.75) is 120 Å². The Morgan fingerprint density at radius 2 is 1.63 bits per heavy atom. The summed E-state index contributed by atoms with van der Waals surface area (Å²) in [6.07, 6.45) is 15.4. The monoisotopic (exact) mass is 564 g/mol. The van der Waals surface area contributed by atoms with E-state index in [2.05, 4.69) is 46.4 Å². The van der Waals surface area contributed by atoms with Crippen molar-refractivity contribution in [2.75, 3.05) is 0 Å². The number of aryl methyl sites for hydroxylation is 1. The molecule has 0 amide bonds. The SMILES string of the molecule is C=CC.CC.Cc1ccc(C2=CCC3(C)C(CCC4(C)C5CCC6(C(=O)O)CCCC6C5CCC43)C2(C)C)cc1F. The Morgan fingerprint density at radius 1 is 0.951 bits per heavy atom. The van der Waals surface area contributed by atoms with E-state index >= 15 is 0 Å². The van der Waals surface area contributed by atoms with Crippen molar-refractivity contribution in [3.05, 3.63) is 53.9 Å². The third-order valence-electron chi connectivity index (χ3n) is 13.0. The second-order valence-corrected chi connectivity index (χ2v) is 14.9.